The van der Waals surface area contributed by atoms with Crippen molar-refractivity contribution in [3.05, 3.63) is 112 Å². The van der Waals surface area contributed by atoms with Gasteiger partial charge in [-0.2, -0.15) is 0 Å². The van der Waals surface area contributed by atoms with E-state index in [4.69, 9.17) is 9.41 Å². The number of aliphatic imine (C=N–C) groups is 2. The minimum atomic E-state index is -0.459. The highest BCUT2D eigenvalue weighted by Crippen LogP contribution is 2.30. The molecule has 2 aromatic carbocycles. The Labute approximate surface area is 182 Å². The van der Waals surface area contributed by atoms with Crippen LogP contribution < -0.4 is 0 Å². The molecular weight excluding hydrogens is 408 g/mol. The molecule has 1 aromatic heterocycles. The summed E-state index contributed by atoms with van der Waals surface area (Å²) >= 11 is 0. The molecule has 0 bridgehead atoms. The van der Waals surface area contributed by atoms with Gasteiger partial charge in [-0.1, -0.05) is 42.5 Å². The molecule has 1 amide bonds. The summed E-state index contributed by atoms with van der Waals surface area (Å²) < 4.78 is 5.32. The van der Waals surface area contributed by atoms with Crippen LogP contribution in [-0.2, 0) is 11.2 Å². The van der Waals surface area contributed by atoms with Gasteiger partial charge in [0, 0.05) is 36.4 Å². The lowest BCUT2D eigenvalue weighted by atomic mass is 10.0. The van der Waals surface area contributed by atoms with Crippen molar-refractivity contribution in [1.29, 1.82) is 0 Å². The summed E-state index contributed by atoms with van der Waals surface area (Å²) in [6, 6.07) is 19.4. The molecule has 8 nitrogen and oxygen atoms in total. The molecule has 2 aliphatic rings. The lowest BCUT2D eigenvalue weighted by Gasteiger charge is -2.21. The zero-order valence-corrected chi connectivity index (χ0v) is 16.7. The van der Waals surface area contributed by atoms with Crippen molar-refractivity contribution in [1.82, 2.24) is 4.90 Å². The van der Waals surface area contributed by atoms with Crippen LogP contribution in [0.25, 0.3) is 11.8 Å². The van der Waals surface area contributed by atoms with E-state index in [2.05, 4.69) is 4.99 Å². The van der Waals surface area contributed by atoms with E-state index in [-0.39, 0.29) is 17.3 Å². The molecule has 2 aliphatic heterocycles. The minimum Gasteiger partial charge on any atom is -0.465 e. The number of nitro groups is 1. The van der Waals surface area contributed by atoms with Crippen LogP contribution in [0.3, 0.4) is 0 Å². The highest BCUT2D eigenvalue weighted by molar-refractivity contribution is 6.48. The number of nitro benzene ring substituents is 1. The fourth-order valence-electron chi connectivity index (χ4n) is 3.53. The summed E-state index contributed by atoms with van der Waals surface area (Å²) in [5.41, 5.74) is 2.77. The van der Waals surface area contributed by atoms with Gasteiger partial charge in [0.25, 0.3) is 11.6 Å². The maximum Gasteiger partial charge on any atom is 0.282 e. The molecule has 0 saturated carbocycles. The Bertz CT molecular complexity index is 1340. The van der Waals surface area contributed by atoms with Gasteiger partial charge < -0.3 is 4.42 Å². The number of fused-ring (bicyclic) bond motifs is 1. The number of hydrogen-bond acceptors (Lipinski definition) is 6. The van der Waals surface area contributed by atoms with Crippen LogP contribution in [0.15, 0.2) is 99.3 Å². The molecule has 0 saturated heterocycles. The van der Waals surface area contributed by atoms with E-state index in [9.17, 15) is 14.9 Å². The maximum atomic E-state index is 13.1. The third-order valence-electron chi connectivity index (χ3n) is 5.05. The fourth-order valence-corrected chi connectivity index (χ4v) is 3.53. The van der Waals surface area contributed by atoms with Crippen LogP contribution in [0.4, 0.5) is 5.69 Å². The van der Waals surface area contributed by atoms with E-state index < -0.39 is 4.92 Å². The Balaban J connectivity index is 1.59. The maximum absolute atomic E-state index is 13.1. The monoisotopic (exact) mass is 424 g/mol. The largest absolute Gasteiger partial charge is 0.465 e. The first-order valence-corrected chi connectivity index (χ1v) is 9.84. The molecule has 156 valence electrons. The van der Waals surface area contributed by atoms with Gasteiger partial charge in [-0.25, -0.2) is 9.98 Å². The second-order valence-corrected chi connectivity index (χ2v) is 7.20. The first-order chi connectivity index (χ1) is 15.6. The van der Waals surface area contributed by atoms with Crippen LogP contribution in [0, 0.1) is 10.1 Å². The van der Waals surface area contributed by atoms with Crippen LogP contribution in [0.5, 0.6) is 0 Å². The first kappa shape index (κ1) is 19.4. The van der Waals surface area contributed by atoms with Gasteiger partial charge >= 0.3 is 0 Å². The van der Waals surface area contributed by atoms with Crippen molar-refractivity contribution >= 4 is 34.9 Å². The molecule has 0 aliphatic carbocycles. The number of benzene rings is 2. The molecule has 0 radical (unpaired) electrons. The van der Waals surface area contributed by atoms with Crippen LogP contribution in [0.2, 0.25) is 0 Å². The van der Waals surface area contributed by atoms with Crippen molar-refractivity contribution in [3.63, 3.8) is 0 Å². The van der Waals surface area contributed by atoms with Gasteiger partial charge in [-0.3, -0.25) is 19.8 Å². The van der Waals surface area contributed by atoms with E-state index in [1.54, 1.807) is 36.5 Å². The zero-order valence-electron chi connectivity index (χ0n) is 16.7. The lowest BCUT2D eigenvalue weighted by molar-refractivity contribution is -0.384. The van der Waals surface area contributed by atoms with Crippen LogP contribution in [0.1, 0.15) is 16.9 Å². The third-order valence-corrected chi connectivity index (χ3v) is 5.05. The van der Waals surface area contributed by atoms with Crippen molar-refractivity contribution in [2.24, 2.45) is 9.98 Å². The van der Waals surface area contributed by atoms with Gasteiger partial charge in [-0.05, 0) is 17.7 Å². The number of rotatable bonds is 5. The van der Waals surface area contributed by atoms with Gasteiger partial charge in [0.1, 0.15) is 11.5 Å². The topological polar surface area (TPSA) is 101 Å². The average Bonchev–Trinajstić information content (AvgIpc) is 3.43. The summed E-state index contributed by atoms with van der Waals surface area (Å²) in [4.78, 5) is 34.6. The quantitative estimate of drug-likeness (QED) is 0.343. The summed E-state index contributed by atoms with van der Waals surface area (Å²) in [6.45, 7) is 0. The Hall–Kier alpha value is -4.59. The molecule has 0 unspecified atom stereocenters. The lowest BCUT2D eigenvalue weighted by Crippen LogP contribution is -2.36. The SMILES string of the molecule is O=C1/C(=C/c2ccco2)N=C2C(Cc3ccccc3)=NC(c3cccc([N+](=O)[O-])c3)=CN12. The van der Waals surface area contributed by atoms with E-state index in [1.807, 2.05) is 30.3 Å². The molecular formula is C24H16N4O4. The number of amidine groups is 1. The van der Waals surface area contributed by atoms with E-state index in [0.717, 1.165) is 5.56 Å². The molecule has 3 heterocycles. The summed E-state index contributed by atoms with van der Waals surface area (Å²) in [5, 5.41) is 11.2. The molecule has 32 heavy (non-hydrogen) atoms. The molecule has 3 aromatic rings. The predicted octanol–water partition coefficient (Wildman–Crippen LogP) is 4.47. The van der Waals surface area contributed by atoms with E-state index in [0.29, 0.717) is 35.0 Å². The van der Waals surface area contributed by atoms with Crippen LogP contribution >= 0.6 is 0 Å². The number of hydrogen-bond donors (Lipinski definition) is 0. The molecule has 0 spiro atoms. The van der Waals surface area contributed by atoms with Crippen LogP contribution in [-0.4, -0.2) is 27.3 Å². The summed E-state index contributed by atoms with van der Waals surface area (Å²) in [5.74, 6) is 0.632. The number of non-ortho nitro benzene ring substituents is 1. The van der Waals surface area contributed by atoms with Gasteiger partial charge in [0.15, 0.2) is 5.84 Å². The number of nitrogens with zero attached hydrogens (tertiary/aromatic N) is 4. The second-order valence-electron chi connectivity index (χ2n) is 7.20. The number of furan rings is 1. The van der Waals surface area contributed by atoms with E-state index >= 15 is 0 Å². The highest BCUT2D eigenvalue weighted by atomic mass is 16.6. The zero-order chi connectivity index (χ0) is 22.1. The van der Waals surface area contributed by atoms with Crippen molar-refractivity contribution in [3.8, 4) is 0 Å². The minimum absolute atomic E-state index is 0.0474. The fraction of sp³-hybridized carbons (Fsp3) is 0.0417. The second kappa shape index (κ2) is 7.92. The van der Waals surface area contributed by atoms with Gasteiger partial charge in [0.05, 0.1) is 22.6 Å². The first-order valence-electron chi connectivity index (χ1n) is 9.84. The normalized spacial score (nSPS) is 16.5. The third kappa shape index (κ3) is 3.65. The highest BCUT2D eigenvalue weighted by Gasteiger charge is 2.35. The Morgan fingerprint density at radius 2 is 1.88 bits per heavy atom. The average molecular weight is 424 g/mol. The molecule has 0 N–H and O–H groups in total. The number of carbonyl (C=O) groups excluding carboxylic acids is 1. The van der Waals surface area contributed by atoms with Gasteiger partial charge in [0.2, 0.25) is 0 Å². The number of carbonyl (C=O) groups is 1. The predicted molar refractivity (Wildman–Crippen MR) is 120 cm³/mol. The molecule has 5 rings (SSSR count). The Morgan fingerprint density at radius 3 is 2.62 bits per heavy atom. The van der Waals surface area contributed by atoms with Crippen molar-refractivity contribution in [2.45, 2.75) is 6.42 Å². The van der Waals surface area contributed by atoms with Crippen molar-refractivity contribution in [2.75, 3.05) is 0 Å². The van der Waals surface area contributed by atoms with Gasteiger partial charge in [-0.15, -0.1) is 0 Å². The number of amides is 1. The molecule has 0 fully saturated rings. The standard InChI is InChI=1S/C24H16N4O4/c29-24-21(14-19-10-5-11-32-19)26-23-20(12-16-6-2-1-3-7-16)25-22(15-27(23)24)17-8-4-9-18(13-17)28(30)31/h1-11,13-15H,12H2/b21-14-. The van der Waals surface area contributed by atoms with E-state index in [1.165, 1.54) is 23.3 Å². The van der Waals surface area contributed by atoms with Crippen molar-refractivity contribution < 1.29 is 14.1 Å². The molecule has 0 atom stereocenters. The smallest absolute Gasteiger partial charge is 0.282 e. The summed E-state index contributed by atoms with van der Waals surface area (Å²) in [6.07, 6.45) is 5.12. The Morgan fingerprint density at radius 1 is 1.03 bits per heavy atom. The molecule has 8 heteroatoms. The Kier molecular flexibility index (Phi) is 4.79. The summed E-state index contributed by atoms with van der Waals surface area (Å²) in [7, 11) is 0.